The van der Waals surface area contributed by atoms with Gasteiger partial charge in [0.25, 0.3) is 0 Å². The van der Waals surface area contributed by atoms with Crippen molar-refractivity contribution in [2.24, 2.45) is 0 Å². The van der Waals surface area contributed by atoms with E-state index < -0.39 is 20.8 Å². The van der Waals surface area contributed by atoms with Gasteiger partial charge in [0.1, 0.15) is 0 Å². The summed E-state index contributed by atoms with van der Waals surface area (Å²) in [4.78, 5) is 0. The molecule has 0 aliphatic carbocycles. The molecule has 6 aromatic rings. The first kappa shape index (κ1) is 37.0. The molecule has 0 nitrogen and oxygen atoms in total. The second-order valence-corrected chi connectivity index (χ2v) is 14.9. The zero-order valence-corrected chi connectivity index (χ0v) is 31.0. The fourth-order valence-electron chi connectivity index (χ4n) is 4.62. The van der Waals surface area contributed by atoms with Crippen LogP contribution in [0.2, 0.25) is 13.1 Å². The maximum Gasteiger partial charge on any atom is -0.0809 e. The standard InChI is InChI=1S/C22H25.C9H7.C6H5.C2H6Si.2ClH.Zr/c1-4-7-17-14-20-8-6-9-21(22(20)15-17)19-12-10-18(11-13-19)16(3)5-2;1-2-5-9-7-3-6-8(9)4-1;1-2-4-6-5-3-1;1-3-2;;;/h6,8-16H,4-5,7H2,1-3H3;1-7H;1-5H;1-2H3;2*1H;/q3*-1;;;;+2/p-2. The van der Waals surface area contributed by atoms with Gasteiger partial charge >= 0.3 is 37.9 Å². The molecule has 0 fully saturated rings. The molecule has 224 valence electrons. The molecule has 0 amide bonds. The average Bonchev–Trinajstić information content (AvgIpc) is 3.70. The number of hydrogen-bond acceptors (Lipinski definition) is 0. The summed E-state index contributed by atoms with van der Waals surface area (Å²) in [7, 11) is 11.0. The molecule has 6 aromatic carbocycles. The van der Waals surface area contributed by atoms with Crippen molar-refractivity contribution in [2.45, 2.75) is 59.0 Å². The Labute approximate surface area is 281 Å². The van der Waals surface area contributed by atoms with Crippen LogP contribution in [0.1, 0.15) is 50.7 Å². The van der Waals surface area contributed by atoms with Crippen LogP contribution >= 0.6 is 17.0 Å². The zero-order chi connectivity index (χ0) is 31.3. The van der Waals surface area contributed by atoms with Crippen molar-refractivity contribution in [1.82, 2.24) is 0 Å². The van der Waals surface area contributed by atoms with Crippen molar-refractivity contribution in [3.63, 3.8) is 0 Å². The van der Waals surface area contributed by atoms with Crippen molar-refractivity contribution >= 4 is 48.1 Å². The summed E-state index contributed by atoms with van der Waals surface area (Å²) in [5.74, 6) is 0.639. The van der Waals surface area contributed by atoms with Gasteiger partial charge in [-0.15, -0.1) is 64.2 Å². The zero-order valence-electron chi connectivity index (χ0n) is 26.1. The second-order valence-electron chi connectivity index (χ2n) is 10.2. The Morgan fingerprint density at radius 3 is 2.02 bits per heavy atom. The van der Waals surface area contributed by atoms with E-state index in [1.165, 1.54) is 63.1 Å². The molecule has 1 unspecified atom stereocenters. The van der Waals surface area contributed by atoms with Gasteiger partial charge in [-0.1, -0.05) is 82.2 Å². The summed E-state index contributed by atoms with van der Waals surface area (Å²) < 4.78 is 0. The van der Waals surface area contributed by atoms with Crippen LogP contribution in [-0.4, -0.2) is 9.52 Å². The van der Waals surface area contributed by atoms with Crippen molar-refractivity contribution < 1.29 is 20.8 Å². The van der Waals surface area contributed by atoms with E-state index in [0.717, 1.165) is 9.52 Å². The smallest absolute Gasteiger partial charge is 0.0809 e. The Morgan fingerprint density at radius 2 is 1.47 bits per heavy atom. The Bertz CT molecular complexity index is 1460. The van der Waals surface area contributed by atoms with Crippen molar-refractivity contribution in [2.75, 3.05) is 0 Å². The maximum atomic E-state index is 4.93. The van der Waals surface area contributed by atoms with Crippen LogP contribution in [0, 0.1) is 6.07 Å². The minimum absolute atomic E-state index is 0.639. The monoisotopic (exact) mass is 699 g/mol. The molecule has 0 aliphatic rings. The maximum absolute atomic E-state index is 4.93. The summed E-state index contributed by atoms with van der Waals surface area (Å²) in [5.41, 5.74) is 5.58. The Balaban J connectivity index is 0.000000249. The van der Waals surface area contributed by atoms with Gasteiger partial charge < -0.3 is 0 Å². The summed E-state index contributed by atoms with van der Waals surface area (Å²) in [6.07, 6.45) is 3.56. The van der Waals surface area contributed by atoms with E-state index >= 15 is 0 Å². The number of hydrogen-bond donors (Lipinski definition) is 0. The fraction of sp³-hybridized carbons (Fsp3) is 0.231. The van der Waals surface area contributed by atoms with E-state index in [1.54, 1.807) is 0 Å². The van der Waals surface area contributed by atoms with Crippen LogP contribution in [0.25, 0.3) is 32.7 Å². The van der Waals surface area contributed by atoms with Crippen molar-refractivity contribution in [3.8, 4) is 11.1 Å². The first-order chi connectivity index (χ1) is 21.0. The summed E-state index contributed by atoms with van der Waals surface area (Å²) in [5, 5.41) is 5.42. The van der Waals surface area contributed by atoms with Gasteiger partial charge in [-0.25, -0.2) is 0 Å². The summed E-state index contributed by atoms with van der Waals surface area (Å²) in [6.45, 7) is 11.1. The predicted octanol–water partition coefficient (Wildman–Crippen LogP) is 12.9. The minimum atomic E-state index is -0.826. The number of halogens is 2. The average molecular weight is 702 g/mol. The molecule has 2 radical (unpaired) electrons. The quantitative estimate of drug-likeness (QED) is 0.124. The molecule has 0 aliphatic heterocycles. The van der Waals surface area contributed by atoms with Gasteiger partial charge in [0.15, 0.2) is 0 Å². The number of aryl methyl sites for hydroxylation is 1. The van der Waals surface area contributed by atoms with Gasteiger partial charge in [0, 0.05) is 9.52 Å². The molecule has 0 saturated carbocycles. The molecule has 0 N–H and O–H groups in total. The normalized spacial score (nSPS) is 10.5. The third-order valence-corrected chi connectivity index (χ3v) is 6.91. The van der Waals surface area contributed by atoms with Crippen LogP contribution in [0.4, 0.5) is 0 Å². The Kier molecular flexibility index (Phi) is 19.2. The molecule has 0 heterocycles. The number of rotatable bonds is 5. The first-order valence-corrected chi connectivity index (χ1v) is 23.2. The third kappa shape index (κ3) is 13.1. The van der Waals surface area contributed by atoms with Crippen LogP contribution in [-0.2, 0) is 27.3 Å². The number of fused-ring (bicyclic) bond motifs is 2. The van der Waals surface area contributed by atoms with Gasteiger partial charge in [-0.05, 0) is 29.9 Å². The first-order valence-electron chi connectivity index (χ1n) is 14.9. The molecule has 0 aromatic heterocycles. The Hall–Kier alpha value is -2.22. The van der Waals surface area contributed by atoms with Crippen LogP contribution in [0.5, 0.6) is 0 Å². The van der Waals surface area contributed by atoms with E-state index in [9.17, 15) is 0 Å². The molecule has 1 atom stereocenters. The van der Waals surface area contributed by atoms with Crippen molar-refractivity contribution in [3.05, 3.63) is 145 Å². The van der Waals surface area contributed by atoms with Gasteiger partial charge in [0.05, 0.1) is 0 Å². The molecule has 0 spiro atoms. The molecule has 0 saturated heterocycles. The van der Waals surface area contributed by atoms with E-state index in [2.05, 4.69) is 137 Å². The van der Waals surface area contributed by atoms with Gasteiger partial charge in [-0.2, -0.15) is 60.0 Å². The van der Waals surface area contributed by atoms with E-state index in [4.69, 9.17) is 17.0 Å². The Morgan fingerprint density at radius 1 is 0.814 bits per heavy atom. The van der Waals surface area contributed by atoms with E-state index in [-0.39, 0.29) is 0 Å². The molecule has 4 heteroatoms. The molecular formula is C39H43Cl2SiZr-3. The molecular weight excluding hydrogens is 659 g/mol. The molecule has 0 bridgehead atoms. The van der Waals surface area contributed by atoms with Crippen LogP contribution < -0.4 is 0 Å². The van der Waals surface area contributed by atoms with Crippen molar-refractivity contribution in [1.29, 1.82) is 0 Å². The molecule has 6 rings (SSSR count). The SMILES string of the molecule is CCCc1cc2c(-c3ccc(C(C)CC)cc3)cccc2[cH-]1.C[Si]C.[Cl][Zr][Cl].[c-]1ccccc1.c1ccc2[cH-]ccc2c1. The van der Waals surface area contributed by atoms with Crippen LogP contribution in [0.3, 0.4) is 0 Å². The summed E-state index contributed by atoms with van der Waals surface area (Å²) >= 11 is -0.826. The fourth-order valence-corrected chi connectivity index (χ4v) is 4.62. The number of benzene rings is 4. The van der Waals surface area contributed by atoms with Gasteiger partial charge in [0.2, 0.25) is 0 Å². The van der Waals surface area contributed by atoms with Crippen LogP contribution in [0.15, 0.2) is 127 Å². The predicted molar refractivity (Wildman–Crippen MR) is 192 cm³/mol. The van der Waals surface area contributed by atoms with Gasteiger partial charge in [-0.3, -0.25) is 0 Å². The largest absolute Gasteiger partial charge is 0.184 e. The topological polar surface area (TPSA) is 0 Å². The third-order valence-electron chi connectivity index (χ3n) is 6.91. The second kappa shape index (κ2) is 22.3. The summed E-state index contributed by atoms with van der Waals surface area (Å²) in [6, 6.07) is 47.7. The molecule has 43 heavy (non-hydrogen) atoms. The van der Waals surface area contributed by atoms with E-state index in [0.29, 0.717) is 5.92 Å². The van der Waals surface area contributed by atoms with E-state index in [1.807, 2.05) is 30.3 Å². The minimum Gasteiger partial charge on any atom is -0.184 e.